The first-order valence-electron chi connectivity index (χ1n) is 8.38. The van der Waals surface area contributed by atoms with Gasteiger partial charge in [-0.15, -0.1) is 11.3 Å². The molecule has 4 aromatic rings. The van der Waals surface area contributed by atoms with E-state index in [2.05, 4.69) is 21.4 Å². The van der Waals surface area contributed by atoms with E-state index in [0.717, 1.165) is 34.3 Å². The summed E-state index contributed by atoms with van der Waals surface area (Å²) in [6.07, 6.45) is 1.68. The maximum atomic E-state index is 12.6. The number of carbonyl (C=O) groups is 1. The van der Waals surface area contributed by atoms with Crippen LogP contribution in [-0.2, 0) is 6.42 Å². The van der Waals surface area contributed by atoms with Crippen molar-refractivity contribution in [1.29, 1.82) is 0 Å². The summed E-state index contributed by atoms with van der Waals surface area (Å²) < 4.78 is 1.20. The Morgan fingerprint density at radius 3 is 2.65 bits per heavy atom. The first kappa shape index (κ1) is 16.9. The standard InChI is InChI=1S/C20H16ClN3OS/c21-18-12-14(13-6-1-2-7-15(13)23-18)20(25)22-11-5-10-19-24-16-8-3-4-9-17(16)26-19/h1-4,6-9,12H,5,10-11H2,(H,22,25). The Bertz CT molecular complexity index is 1060. The summed E-state index contributed by atoms with van der Waals surface area (Å²) >= 11 is 7.76. The van der Waals surface area contributed by atoms with Gasteiger partial charge in [0.1, 0.15) is 5.15 Å². The lowest BCUT2D eigenvalue weighted by Crippen LogP contribution is -2.25. The Morgan fingerprint density at radius 1 is 1.04 bits per heavy atom. The van der Waals surface area contributed by atoms with Crippen LogP contribution in [0, 0.1) is 0 Å². The van der Waals surface area contributed by atoms with Crippen LogP contribution in [0.25, 0.3) is 21.1 Å². The van der Waals surface area contributed by atoms with Crippen LogP contribution < -0.4 is 5.32 Å². The average molecular weight is 382 g/mol. The topological polar surface area (TPSA) is 54.9 Å². The molecule has 0 radical (unpaired) electrons. The van der Waals surface area contributed by atoms with Crippen LogP contribution in [0.15, 0.2) is 54.6 Å². The van der Waals surface area contributed by atoms with Crippen molar-refractivity contribution in [2.24, 2.45) is 0 Å². The molecule has 0 unspecified atom stereocenters. The molecule has 130 valence electrons. The molecule has 26 heavy (non-hydrogen) atoms. The largest absolute Gasteiger partial charge is 0.352 e. The molecule has 2 aromatic heterocycles. The van der Waals surface area contributed by atoms with E-state index in [9.17, 15) is 4.79 Å². The number of fused-ring (bicyclic) bond motifs is 2. The minimum absolute atomic E-state index is 0.130. The van der Waals surface area contributed by atoms with E-state index in [1.54, 1.807) is 17.4 Å². The van der Waals surface area contributed by atoms with Gasteiger partial charge in [0.15, 0.2) is 0 Å². The lowest BCUT2D eigenvalue weighted by atomic mass is 10.1. The minimum atomic E-state index is -0.130. The molecule has 0 bridgehead atoms. The summed E-state index contributed by atoms with van der Waals surface area (Å²) in [7, 11) is 0. The summed E-state index contributed by atoms with van der Waals surface area (Å²) in [4.78, 5) is 21.4. The normalized spacial score (nSPS) is 11.1. The van der Waals surface area contributed by atoms with Crippen molar-refractivity contribution in [1.82, 2.24) is 15.3 Å². The van der Waals surface area contributed by atoms with Gasteiger partial charge in [0, 0.05) is 18.4 Å². The lowest BCUT2D eigenvalue weighted by Gasteiger charge is -2.08. The zero-order valence-electron chi connectivity index (χ0n) is 13.9. The number of carbonyl (C=O) groups excluding carboxylic acids is 1. The Kier molecular flexibility index (Phi) is 4.82. The number of nitrogens with zero attached hydrogens (tertiary/aromatic N) is 2. The number of nitrogens with one attached hydrogen (secondary N) is 1. The molecule has 4 nitrogen and oxygen atoms in total. The molecule has 0 aliphatic heterocycles. The third-order valence-electron chi connectivity index (χ3n) is 4.12. The Balaban J connectivity index is 1.40. The van der Waals surface area contributed by atoms with E-state index in [1.807, 2.05) is 42.5 Å². The first-order chi connectivity index (χ1) is 12.7. The van der Waals surface area contributed by atoms with E-state index in [-0.39, 0.29) is 5.91 Å². The van der Waals surface area contributed by atoms with Crippen LogP contribution >= 0.6 is 22.9 Å². The number of halogens is 1. The molecule has 2 aromatic carbocycles. The minimum Gasteiger partial charge on any atom is -0.352 e. The van der Waals surface area contributed by atoms with Crippen molar-refractivity contribution in [2.45, 2.75) is 12.8 Å². The highest BCUT2D eigenvalue weighted by molar-refractivity contribution is 7.18. The van der Waals surface area contributed by atoms with Gasteiger partial charge in [-0.3, -0.25) is 4.79 Å². The fourth-order valence-electron chi connectivity index (χ4n) is 2.89. The summed E-state index contributed by atoms with van der Waals surface area (Å²) in [6, 6.07) is 17.2. The number of aromatic nitrogens is 2. The summed E-state index contributed by atoms with van der Waals surface area (Å²) in [6.45, 7) is 0.586. The van der Waals surface area contributed by atoms with Crippen molar-refractivity contribution < 1.29 is 4.79 Å². The number of para-hydroxylation sites is 2. The predicted octanol–water partition coefficient (Wildman–Crippen LogP) is 4.86. The van der Waals surface area contributed by atoms with Crippen LogP contribution in [0.3, 0.4) is 0 Å². The van der Waals surface area contributed by atoms with Gasteiger partial charge in [0.05, 0.1) is 26.3 Å². The molecule has 1 N–H and O–H groups in total. The number of benzene rings is 2. The van der Waals surface area contributed by atoms with Gasteiger partial charge in [-0.2, -0.15) is 0 Å². The second-order valence-corrected chi connectivity index (χ2v) is 7.45. The highest BCUT2D eigenvalue weighted by Crippen LogP contribution is 2.23. The first-order valence-corrected chi connectivity index (χ1v) is 9.58. The van der Waals surface area contributed by atoms with Crippen molar-refractivity contribution in [2.75, 3.05) is 6.54 Å². The average Bonchev–Trinajstić information content (AvgIpc) is 3.07. The fraction of sp³-hybridized carbons (Fsp3) is 0.150. The molecule has 0 aliphatic rings. The quantitative estimate of drug-likeness (QED) is 0.396. The number of rotatable bonds is 5. The zero-order chi connectivity index (χ0) is 17.9. The van der Waals surface area contributed by atoms with Crippen molar-refractivity contribution in [3.05, 3.63) is 70.3 Å². The predicted molar refractivity (Wildman–Crippen MR) is 107 cm³/mol. The highest BCUT2D eigenvalue weighted by Gasteiger charge is 2.12. The fourth-order valence-corrected chi connectivity index (χ4v) is 4.10. The molecule has 2 heterocycles. The van der Waals surface area contributed by atoms with Crippen LogP contribution in [0.5, 0.6) is 0 Å². The molecule has 0 aliphatic carbocycles. The molecule has 1 amide bonds. The van der Waals surface area contributed by atoms with E-state index in [0.29, 0.717) is 17.3 Å². The third kappa shape index (κ3) is 3.54. The second-order valence-electron chi connectivity index (χ2n) is 5.94. The van der Waals surface area contributed by atoms with Crippen LogP contribution in [0.2, 0.25) is 5.15 Å². The monoisotopic (exact) mass is 381 g/mol. The summed E-state index contributed by atoms with van der Waals surface area (Å²) in [5.41, 5.74) is 2.31. The zero-order valence-corrected chi connectivity index (χ0v) is 15.5. The van der Waals surface area contributed by atoms with Gasteiger partial charge in [-0.1, -0.05) is 41.9 Å². The van der Waals surface area contributed by atoms with E-state index in [1.165, 1.54) is 4.70 Å². The van der Waals surface area contributed by atoms with Crippen LogP contribution in [0.4, 0.5) is 0 Å². The van der Waals surface area contributed by atoms with Crippen molar-refractivity contribution in [3.8, 4) is 0 Å². The number of aryl methyl sites for hydroxylation is 1. The van der Waals surface area contributed by atoms with Gasteiger partial charge in [0.2, 0.25) is 0 Å². The summed E-state index contributed by atoms with van der Waals surface area (Å²) in [5.74, 6) is -0.130. The molecule has 0 saturated carbocycles. The van der Waals surface area contributed by atoms with Crippen molar-refractivity contribution >= 4 is 50.0 Å². The van der Waals surface area contributed by atoms with Gasteiger partial charge in [0.25, 0.3) is 5.91 Å². The lowest BCUT2D eigenvalue weighted by molar-refractivity contribution is 0.0955. The number of hydrogen-bond acceptors (Lipinski definition) is 4. The molecular formula is C20H16ClN3OS. The van der Waals surface area contributed by atoms with E-state index in [4.69, 9.17) is 11.6 Å². The number of amides is 1. The van der Waals surface area contributed by atoms with Crippen LogP contribution in [-0.4, -0.2) is 22.4 Å². The molecule has 0 saturated heterocycles. The molecule has 0 fully saturated rings. The highest BCUT2D eigenvalue weighted by atomic mass is 35.5. The molecular weight excluding hydrogens is 366 g/mol. The maximum Gasteiger partial charge on any atom is 0.252 e. The Labute approximate surface area is 159 Å². The number of thiazole rings is 1. The van der Waals surface area contributed by atoms with E-state index >= 15 is 0 Å². The van der Waals surface area contributed by atoms with Crippen LogP contribution in [0.1, 0.15) is 21.8 Å². The van der Waals surface area contributed by atoms with Gasteiger partial charge in [-0.25, -0.2) is 9.97 Å². The Hall–Kier alpha value is -2.50. The summed E-state index contributed by atoms with van der Waals surface area (Å²) in [5, 5.41) is 5.20. The molecule has 4 rings (SSSR count). The van der Waals surface area contributed by atoms with Gasteiger partial charge < -0.3 is 5.32 Å². The SMILES string of the molecule is O=C(NCCCc1nc2ccccc2s1)c1cc(Cl)nc2ccccc12. The molecule has 6 heteroatoms. The number of pyridine rings is 1. The second kappa shape index (κ2) is 7.40. The van der Waals surface area contributed by atoms with Gasteiger partial charge >= 0.3 is 0 Å². The van der Waals surface area contributed by atoms with Gasteiger partial charge in [-0.05, 0) is 30.7 Å². The van der Waals surface area contributed by atoms with E-state index < -0.39 is 0 Å². The third-order valence-corrected chi connectivity index (χ3v) is 5.41. The smallest absolute Gasteiger partial charge is 0.252 e. The molecule has 0 spiro atoms. The number of hydrogen-bond donors (Lipinski definition) is 1. The van der Waals surface area contributed by atoms with Crippen molar-refractivity contribution in [3.63, 3.8) is 0 Å². The molecule has 0 atom stereocenters. The maximum absolute atomic E-state index is 12.6. The Morgan fingerprint density at radius 2 is 1.81 bits per heavy atom.